The summed E-state index contributed by atoms with van der Waals surface area (Å²) in [4.78, 5) is 8.81. The smallest absolute Gasteiger partial charge is 0.240 e. The molecule has 0 bridgehead atoms. The number of ether oxygens (including phenoxy) is 1. The number of aromatic nitrogens is 2. The highest BCUT2D eigenvalue weighted by molar-refractivity contribution is 5.46. The number of hydrogen-bond donors (Lipinski definition) is 0. The summed E-state index contributed by atoms with van der Waals surface area (Å²) in [5.74, 6) is 0.994. The Balaban J connectivity index is 1.25. The van der Waals surface area contributed by atoms with Crippen molar-refractivity contribution in [2.45, 2.75) is 13.2 Å². The standard InChI is InChI=1S/C20H20F2N4O2/c21-15-1-5-17(6-2-15)26-11-9-25(10-12-26)13-20-23-19(24-28-20)14-27-18-7-3-16(22)4-8-18/h1-8H,9-14H2. The molecule has 1 saturated heterocycles. The van der Waals surface area contributed by atoms with Crippen molar-refractivity contribution in [3.05, 3.63) is 71.9 Å². The molecule has 0 atom stereocenters. The summed E-state index contributed by atoms with van der Waals surface area (Å²) in [6, 6.07) is 12.3. The van der Waals surface area contributed by atoms with E-state index < -0.39 is 0 Å². The minimum Gasteiger partial charge on any atom is -0.485 e. The minimum absolute atomic E-state index is 0.160. The van der Waals surface area contributed by atoms with Crippen molar-refractivity contribution >= 4 is 5.69 Å². The minimum atomic E-state index is -0.311. The van der Waals surface area contributed by atoms with Crippen molar-refractivity contribution in [2.75, 3.05) is 31.1 Å². The highest BCUT2D eigenvalue weighted by Crippen LogP contribution is 2.18. The van der Waals surface area contributed by atoms with E-state index in [2.05, 4.69) is 19.9 Å². The molecule has 0 aliphatic carbocycles. The van der Waals surface area contributed by atoms with Crippen molar-refractivity contribution in [2.24, 2.45) is 0 Å². The van der Waals surface area contributed by atoms with Crippen LogP contribution in [0.2, 0.25) is 0 Å². The van der Waals surface area contributed by atoms with Gasteiger partial charge in [0.15, 0.2) is 6.61 Å². The molecule has 2 heterocycles. The van der Waals surface area contributed by atoms with Crippen molar-refractivity contribution in [1.29, 1.82) is 0 Å². The molecule has 0 N–H and O–H groups in total. The van der Waals surface area contributed by atoms with E-state index in [1.54, 1.807) is 24.3 Å². The SMILES string of the molecule is Fc1ccc(OCc2noc(CN3CCN(c4ccc(F)cc4)CC3)n2)cc1. The molecule has 1 aromatic heterocycles. The summed E-state index contributed by atoms with van der Waals surface area (Å²) >= 11 is 0. The molecule has 2 aromatic carbocycles. The lowest BCUT2D eigenvalue weighted by atomic mass is 10.2. The van der Waals surface area contributed by atoms with Gasteiger partial charge in [-0.3, -0.25) is 4.90 Å². The van der Waals surface area contributed by atoms with Crippen LogP contribution >= 0.6 is 0 Å². The van der Waals surface area contributed by atoms with Crippen LogP contribution in [0.3, 0.4) is 0 Å². The number of benzene rings is 2. The van der Waals surface area contributed by atoms with E-state index in [9.17, 15) is 8.78 Å². The number of hydrogen-bond acceptors (Lipinski definition) is 6. The van der Waals surface area contributed by atoms with Crippen molar-refractivity contribution in [3.8, 4) is 5.75 Å². The summed E-state index contributed by atoms with van der Waals surface area (Å²) in [5, 5.41) is 3.93. The Bertz CT molecular complexity index is 891. The second kappa shape index (κ2) is 8.35. The number of piperazine rings is 1. The van der Waals surface area contributed by atoms with E-state index in [4.69, 9.17) is 9.26 Å². The fourth-order valence-electron chi connectivity index (χ4n) is 3.10. The summed E-state index contributed by atoms with van der Waals surface area (Å²) in [6.07, 6.45) is 0. The van der Waals surface area contributed by atoms with Gasteiger partial charge in [-0.05, 0) is 48.5 Å². The van der Waals surface area contributed by atoms with Crippen LogP contribution < -0.4 is 9.64 Å². The van der Waals surface area contributed by atoms with Crippen molar-refractivity contribution in [1.82, 2.24) is 15.0 Å². The quantitative estimate of drug-likeness (QED) is 0.648. The van der Waals surface area contributed by atoms with Crippen LogP contribution in [0.15, 0.2) is 53.1 Å². The lowest BCUT2D eigenvalue weighted by Gasteiger charge is -2.35. The lowest BCUT2D eigenvalue weighted by Crippen LogP contribution is -2.46. The van der Waals surface area contributed by atoms with Gasteiger partial charge < -0.3 is 14.2 Å². The van der Waals surface area contributed by atoms with Crippen LogP contribution in [0.25, 0.3) is 0 Å². The van der Waals surface area contributed by atoms with E-state index in [1.807, 2.05) is 0 Å². The van der Waals surface area contributed by atoms with Crippen LogP contribution in [-0.4, -0.2) is 41.2 Å². The first-order valence-corrected chi connectivity index (χ1v) is 9.08. The second-order valence-electron chi connectivity index (χ2n) is 6.59. The fourth-order valence-corrected chi connectivity index (χ4v) is 3.10. The summed E-state index contributed by atoms with van der Waals surface area (Å²) in [5.41, 5.74) is 1.03. The molecule has 6 nitrogen and oxygen atoms in total. The molecule has 4 rings (SSSR count). The zero-order valence-electron chi connectivity index (χ0n) is 15.2. The molecule has 0 unspecified atom stereocenters. The monoisotopic (exact) mass is 386 g/mol. The van der Waals surface area contributed by atoms with Gasteiger partial charge in [0, 0.05) is 31.9 Å². The third kappa shape index (κ3) is 4.64. The molecule has 0 radical (unpaired) electrons. The van der Waals surface area contributed by atoms with Crippen LogP contribution in [0.4, 0.5) is 14.5 Å². The zero-order chi connectivity index (χ0) is 19.3. The second-order valence-corrected chi connectivity index (χ2v) is 6.59. The van der Waals surface area contributed by atoms with Crippen LogP contribution in [0, 0.1) is 11.6 Å². The highest BCUT2D eigenvalue weighted by Gasteiger charge is 2.19. The normalized spacial score (nSPS) is 15.0. The Kier molecular flexibility index (Phi) is 5.48. The van der Waals surface area contributed by atoms with Gasteiger partial charge in [0.05, 0.1) is 6.54 Å². The Morgan fingerprint density at radius 2 is 1.54 bits per heavy atom. The van der Waals surface area contributed by atoms with E-state index in [0.717, 1.165) is 31.9 Å². The van der Waals surface area contributed by atoms with Crippen molar-refractivity contribution in [3.63, 3.8) is 0 Å². The first-order chi connectivity index (χ1) is 13.7. The largest absolute Gasteiger partial charge is 0.485 e. The first kappa shape index (κ1) is 18.4. The number of rotatable bonds is 6. The van der Waals surface area contributed by atoms with Crippen LogP contribution in [-0.2, 0) is 13.2 Å². The summed E-state index contributed by atoms with van der Waals surface area (Å²) in [6.45, 7) is 4.12. The average molecular weight is 386 g/mol. The molecule has 0 amide bonds. The van der Waals surface area contributed by atoms with Gasteiger partial charge in [-0.15, -0.1) is 0 Å². The molecule has 1 fully saturated rings. The predicted molar refractivity (Wildman–Crippen MR) is 98.9 cm³/mol. The number of nitrogens with zero attached hydrogens (tertiary/aromatic N) is 4. The molecule has 1 aliphatic heterocycles. The van der Waals surface area contributed by atoms with E-state index in [0.29, 0.717) is 24.0 Å². The maximum atomic E-state index is 13.1. The zero-order valence-corrected chi connectivity index (χ0v) is 15.2. The van der Waals surface area contributed by atoms with Gasteiger partial charge in [0.1, 0.15) is 17.4 Å². The molecular weight excluding hydrogens is 366 g/mol. The van der Waals surface area contributed by atoms with E-state index in [1.165, 1.54) is 24.3 Å². The van der Waals surface area contributed by atoms with Gasteiger partial charge in [-0.25, -0.2) is 8.78 Å². The van der Waals surface area contributed by atoms with Crippen LogP contribution in [0.5, 0.6) is 5.75 Å². The molecule has 3 aromatic rings. The Labute approximate surface area is 161 Å². The molecule has 146 valence electrons. The molecule has 0 saturated carbocycles. The number of halogens is 2. The predicted octanol–water partition coefficient (Wildman–Crippen LogP) is 3.25. The van der Waals surface area contributed by atoms with E-state index >= 15 is 0 Å². The molecule has 28 heavy (non-hydrogen) atoms. The lowest BCUT2D eigenvalue weighted by molar-refractivity contribution is 0.214. The molecular formula is C20H20F2N4O2. The molecule has 8 heteroatoms. The van der Waals surface area contributed by atoms with Gasteiger partial charge in [-0.1, -0.05) is 5.16 Å². The van der Waals surface area contributed by atoms with Crippen molar-refractivity contribution < 1.29 is 18.0 Å². The van der Waals surface area contributed by atoms with Gasteiger partial charge in [0.25, 0.3) is 0 Å². The fraction of sp³-hybridized carbons (Fsp3) is 0.300. The Morgan fingerprint density at radius 1 is 0.893 bits per heavy atom. The Hall–Kier alpha value is -3.00. The maximum Gasteiger partial charge on any atom is 0.240 e. The Morgan fingerprint density at radius 3 is 2.21 bits per heavy atom. The van der Waals surface area contributed by atoms with Crippen LogP contribution in [0.1, 0.15) is 11.7 Å². The summed E-state index contributed by atoms with van der Waals surface area (Å²) in [7, 11) is 0. The van der Waals surface area contributed by atoms with E-state index in [-0.39, 0.29) is 18.2 Å². The topological polar surface area (TPSA) is 54.6 Å². The molecule has 1 aliphatic rings. The third-order valence-electron chi connectivity index (χ3n) is 4.61. The first-order valence-electron chi connectivity index (χ1n) is 9.08. The van der Waals surface area contributed by atoms with Gasteiger partial charge in [-0.2, -0.15) is 4.98 Å². The number of anilines is 1. The van der Waals surface area contributed by atoms with Gasteiger partial charge in [0.2, 0.25) is 11.7 Å². The average Bonchev–Trinajstić information content (AvgIpc) is 3.16. The third-order valence-corrected chi connectivity index (χ3v) is 4.61. The molecule has 0 spiro atoms. The summed E-state index contributed by atoms with van der Waals surface area (Å²) < 4.78 is 36.8. The highest BCUT2D eigenvalue weighted by atomic mass is 19.1. The van der Waals surface area contributed by atoms with Gasteiger partial charge >= 0.3 is 0 Å². The maximum absolute atomic E-state index is 13.1.